The lowest BCUT2D eigenvalue weighted by atomic mass is 10.1. The standard InChI is InChI=1S/C8H8ClFO2/c9-5-1-2-7(11)6(3-5)8(12)4-10/h1-3,8,11-12H,4H2. The molecule has 1 aromatic rings. The van der Waals surface area contributed by atoms with Gasteiger partial charge in [-0.2, -0.15) is 0 Å². The van der Waals surface area contributed by atoms with Crippen molar-refractivity contribution in [3.05, 3.63) is 28.8 Å². The molecule has 1 rings (SSSR count). The number of halogens is 2. The lowest BCUT2D eigenvalue weighted by Crippen LogP contribution is -1.99. The van der Waals surface area contributed by atoms with Crippen LogP contribution in [0.2, 0.25) is 5.02 Å². The van der Waals surface area contributed by atoms with Crippen LogP contribution in [0.5, 0.6) is 5.75 Å². The second-order valence-corrected chi connectivity index (χ2v) is 2.81. The van der Waals surface area contributed by atoms with Gasteiger partial charge in [0.2, 0.25) is 0 Å². The molecule has 0 fully saturated rings. The molecule has 0 aliphatic rings. The minimum atomic E-state index is -1.30. The number of alkyl halides is 1. The van der Waals surface area contributed by atoms with Gasteiger partial charge in [0.15, 0.2) is 0 Å². The molecule has 1 atom stereocenters. The average molecular weight is 191 g/mol. The van der Waals surface area contributed by atoms with E-state index in [9.17, 15) is 4.39 Å². The maximum absolute atomic E-state index is 12.0. The summed E-state index contributed by atoms with van der Waals surface area (Å²) in [5.74, 6) is -0.149. The molecule has 1 unspecified atom stereocenters. The van der Waals surface area contributed by atoms with Gasteiger partial charge in [0.25, 0.3) is 0 Å². The van der Waals surface area contributed by atoms with Gasteiger partial charge in [0, 0.05) is 10.6 Å². The van der Waals surface area contributed by atoms with Gasteiger partial charge in [0.1, 0.15) is 18.5 Å². The zero-order chi connectivity index (χ0) is 9.14. The molecule has 0 aromatic heterocycles. The van der Waals surface area contributed by atoms with Gasteiger partial charge < -0.3 is 10.2 Å². The number of hydrogen-bond acceptors (Lipinski definition) is 2. The summed E-state index contributed by atoms with van der Waals surface area (Å²) in [4.78, 5) is 0. The molecule has 1 aromatic carbocycles. The summed E-state index contributed by atoms with van der Waals surface area (Å²) in [6.07, 6.45) is -1.30. The van der Waals surface area contributed by atoms with Gasteiger partial charge in [-0.05, 0) is 18.2 Å². The molecule has 0 saturated heterocycles. The minimum absolute atomic E-state index is 0.116. The van der Waals surface area contributed by atoms with Crippen molar-refractivity contribution in [3.63, 3.8) is 0 Å². The maximum Gasteiger partial charge on any atom is 0.121 e. The molecule has 0 aliphatic heterocycles. The molecule has 0 aliphatic carbocycles. The van der Waals surface area contributed by atoms with Crippen molar-refractivity contribution in [2.24, 2.45) is 0 Å². The Kier molecular flexibility index (Phi) is 2.89. The van der Waals surface area contributed by atoms with Crippen LogP contribution in [0.4, 0.5) is 4.39 Å². The lowest BCUT2D eigenvalue weighted by molar-refractivity contribution is 0.138. The van der Waals surface area contributed by atoms with E-state index in [2.05, 4.69) is 0 Å². The van der Waals surface area contributed by atoms with E-state index < -0.39 is 12.8 Å². The quantitative estimate of drug-likeness (QED) is 0.750. The molecule has 4 heteroatoms. The number of hydrogen-bond donors (Lipinski definition) is 2. The summed E-state index contributed by atoms with van der Waals surface area (Å²) in [5, 5.41) is 18.5. The van der Waals surface area contributed by atoms with Crippen LogP contribution >= 0.6 is 11.6 Å². The molecule has 12 heavy (non-hydrogen) atoms. The number of aromatic hydroxyl groups is 1. The van der Waals surface area contributed by atoms with Crippen molar-refractivity contribution < 1.29 is 14.6 Å². The van der Waals surface area contributed by atoms with E-state index in [0.717, 1.165) is 0 Å². The first-order valence-corrected chi connectivity index (χ1v) is 3.75. The number of benzene rings is 1. The lowest BCUT2D eigenvalue weighted by Gasteiger charge is -2.08. The molecule has 0 saturated carbocycles. The Morgan fingerprint density at radius 1 is 1.50 bits per heavy atom. The van der Waals surface area contributed by atoms with Crippen LogP contribution in [-0.2, 0) is 0 Å². The van der Waals surface area contributed by atoms with Crippen LogP contribution < -0.4 is 0 Å². The maximum atomic E-state index is 12.0. The van der Waals surface area contributed by atoms with E-state index in [4.69, 9.17) is 21.8 Å². The Bertz CT molecular complexity index is 278. The third-order valence-electron chi connectivity index (χ3n) is 1.49. The zero-order valence-electron chi connectivity index (χ0n) is 6.17. The Labute approximate surface area is 74.2 Å². The minimum Gasteiger partial charge on any atom is -0.508 e. The second-order valence-electron chi connectivity index (χ2n) is 2.37. The first kappa shape index (κ1) is 9.29. The first-order valence-electron chi connectivity index (χ1n) is 3.37. The van der Waals surface area contributed by atoms with Crippen molar-refractivity contribution in [3.8, 4) is 5.75 Å². The van der Waals surface area contributed by atoms with Crippen molar-refractivity contribution in [1.29, 1.82) is 0 Å². The Morgan fingerprint density at radius 3 is 2.75 bits per heavy atom. The second kappa shape index (κ2) is 3.74. The van der Waals surface area contributed by atoms with Gasteiger partial charge in [-0.25, -0.2) is 4.39 Å². The highest BCUT2D eigenvalue weighted by Gasteiger charge is 2.11. The Balaban J connectivity index is 3.04. The fourth-order valence-electron chi connectivity index (χ4n) is 0.875. The number of phenolic OH excluding ortho intramolecular Hbond substituents is 1. The normalized spacial score (nSPS) is 12.9. The summed E-state index contributed by atoms with van der Waals surface area (Å²) >= 11 is 5.57. The summed E-state index contributed by atoms with van der Waals surface area (Å²) in [5.41, 5.74) is 0.116. The predicted molar refractivity (Wildman–Crippen MR) is 44.1 cm³/mol. The van der Waals surface area contributed by atoms with E-state index in [0.29, 0.717) is 5.02 Å². The third kappa shape index (κ3) is 1.87. The third-order valence-corrected chi connectivity index (χ3v) is 1.73. The van der Waals surface area contributed by atoms with Gasteiger partial charge in [0.05, 0.1) is 0 Å². The highest BCUT2D eigenvalue weighted by Crippen LogP contribution is 2.27. The molecular formula is C8H8ClFO2. The molecule has 0 radical (unpaired) electrons. The molecule has 2 N–H and O–H groups in total. The molecule has 0 heterocycles. The molecule has 0 bridgehead atoms. The average Bonchev–Trinajstić information content (AvgIpc) is 2.08. The van der Waals surface area contributed by atoms with Crippen LogP contribution in [0.3, 0.4) is 0 Å². The molecular weight excluding hydrogens is 183 g/mol. The van der Waals surface area contributed by atoms with E-state index >= 15 is 0 Å². The van der Waals surface area contributed by atoms with E-state index in [-0.39, 0.29) is 11.3 Å². The fraction of sp³-hybridized carbons (Fsp3) is 0.250. The largest absolute Gasteiger partial charge is 0.508 e. The van der Waals surface area contributed by atoms with Gasteiger partial charge in [-0.3, -0.25) is 0 Å². The smallest absolute Gasteiger partial charge is 0.121 e. The Hall–Kier alpha value is -0.800. The highest BCUT2D eigenvalue weighted by atomic mass is 35.5. The van der Waals surface area contributed by atoms with E-state index in [1.54, 1.807) is 0 Å². The number of aliphatic hydroxyl groups excluding tert-OH is 1. The number of phenols is 1. The molecule has 0 amide bonds. The summed E-state index contributed by atoms with van der Waals surface area (Å²) in [7, 11) is 0. The SMILES string of the molecule is Oc1ccc(Cl)cc1C(O)CF. The van der Waals surface area contributed by atoms with Gasteiger partial charge in [-0.15, -0.1) is 0 Å². The monoisotopic (exact) mass is 190 g/mol. The highest BCUT2D eigenvalue weighted by molar-refractivity contribution is 6.30. The van der Waals surface area contributed by atoms with Crippen LogP contribution in [-0.4, -0.2) is 16.9 Å². The van der Waals surface area contributed by atoms with Gasteiger partial charge >= 0.3 is 0 Å². The molecule has 2 nitrogen and oxygen atoms in total. The molecule has 0 spiro atoms. The van der Waals surface area contributed by atoms with Crippen molar-refractivity contribution in [2.45, 2.75) is 6.10 Å². The van der Waals surface area contributed by atoms with Crippen LogP contribution in [0, 0.1) is 0 Å². The van der Waals surface area contributed by atoms with Crippen LogP contribution in [0.25, 0.3) is 0 Å². The van der Waals surface area contributed by atoms with E-state index in [1.165, 1.54) is 18.2 Å². The predicted octanol–water partition coefficient (Wildman–Crippen LogP) is 2.05. The molecule has 66 valence electrons. The fourth-order valence-corrected chi connectivity index (χ4v) is 1.06. The number of rotatable bonds is 2. The topological polar surface area (TPSA) is 40.5 Å². The van der Waals surface area contributed by atoms with Gasteiger partial charge in [-0.1, -0.05) is 11.6 Å². The number of aliphatic hydroxyl groups is 1. The first-order chi connectivity index (χ1) is 5.65. The summed E-state index contributed by atoms with van der Waals surface area (Å²) < 4.78 is 12.0. The summed E-state index contributed by atoms with van der Waals surface area (Å²) in [6, 6.07) is 4.11. The summed E-state index contributed by atoms with van der Waals surface area (Å²) in [6.45, 7) is -0.937. The van der Waals surface area contributed by atoms with Crippen molar-refractivity contribution in [2.75, 3.05) is 6.67 Å². The van der Waals surface area contributed by atoms with Crippen LogP contribution in [0.1, 0.15) is 11.7 Å². The zero-order valence-corrected chi connectivity index (χ0v) is 6.92. The van der Waals surface area contributed by atoms with Crippen molar-refractivity contribution in [1.82, 2.24) is 0 Å². The van der Waals surface area contributed by atoms with E-state index in [1.807, 2.05) is 0 Å². The van der Waals surface area contributed by atoms with Crippen molar-refractivity contribution >= 4 is 11.6 Å². The Morgan fingerprint density at radius 2 is 2.17 bits per heavy atom. The van der Waals surface area contributed by atoms with Crippen LogP contribution in [0.15, 0.2) is 18.2 Å².